The van der Waals surface area contributed by atoms with Gasteiger partial charge in [-0.25, -0.2) is 9.97 Å². The fourth-order valence-corrected chi connectivity index (χ4v) is 7.78. The number of hydrogen-bond acceptors (Lipinski definition) is 3. The Morgan fingerprint density at radius 1 is 0.412 bits per heavy atom. The summed E-state index contributed by atoms with van der Waals surface area (Å²) in [7, 11) is 0. The van der Waals surface area contributed by atoms with Gasteiger partial charge < -0.3 is 0 Å². The lowest BCUT2D eigenvalue weighted by atomic mass is 9.67. The van der Waals surface area contributed by atoms with E-state index in [1.165, 1.54) is 0 Å². The number of nitrogens with zero attached hydrogens (tertiary/aromatic N) is 3. The maximum absolute atomic E-state index is 10.1. The molecule has 1 heterocycles. The van der Waals surface area contributed by atoms with Crippen molar-refractivity contribution in [2.45, 2.75) is 5.41 Å². The van der Waals surface area contributed by atoms with Crippen molar-refractivity contribution >= 4 is 0 Å². The van der Waals surface area contributed by atoms with Crippen LogP contribution in [0.4, 0.5) is 0 Å². The van der Waals surface area contributed by atoms with Crippen molar-refractivity contribution in [3.8, 4) is 62.2 Å². The van der Waals surface area contributed by atoms with Crippen molar-refractivity contribution in [2.24, 2.45) is 0 Å². The Labute approximate surface area is 297 Å². The first-order valence-electron chi connectivity index (χ1n) is 17.1. The van der Waals surface area contributed by atoms with E-state index in [0.29, 0.717) is 11.4 Å². The summed E-state index contributed by atoms with van der Waals surface area (Å²) in [6, 6.07) is 67.7. The normalized spacial score (nSPS) is 12.5. The third kappa shape index (κ3) is 4.97. The Bertz CT molecular complexity index is 2460. The predicted molar refractivity (Wildman–Crippen MR) is 206 cm³/mol. The molecular weight excluding hydrogens is 619 g/mol. The molecule has 0 radical (unpaired) electrons. The molecule has 0 spiro atoms. The molecule has 51 heavy (non-hydrogen) atoms. The zero-order valence-corrected chi connectivity index (χ0v) is 27.7. The molecule has 7 aromatic carbocycles. The minimum atomic E-state index is -0.662. The lowest BCUT2D eigenvalue weighted by molar-refractivity contribution is 0.768. The van der Waals surface area contributed by atoms with Gasteiger partial charge in [0.2, 0.25) is 0 Å². The van der Waals surface area contributed by atoms with E-state index >= 15 is 0 Å². The smallest absolute Gasteiger partial charge is 0.160 e. The molecule has 1 aliphatic rings. The summed E-state index contributed by atoms with van der Waals surface area (Å²) >= 11 is 0. The molecular formula is C48H31N3. The predicted octanol–water partition coefficient (Wildman–Crippen LogP) is 11.4. The number of benzene rings is 7. The highest BCUT2D eigenvalue weighted by Crippen LogP contribution is 2.57. The van der Waals surface area contributed by atoms with Gasteiger partial charge in [-0.05, 0) is 57.1 Å². The maximum atomic E-state index is 10.1. The Morgan fingerprint density at radius 2 is 0.843 bits per heavy atom. The summed E-state index contributed by atoms with van der Waals surface area (Å²) in [5.41, 5.74) is 13.5. The number of nitriles is 1. The van der Waals surface area contributed by atoms with Gasteiger partial charge in [-0.1, -0.05) is 170 Å². The summed E-state index contributed by atoms with van der Waals surface area (Å²) in [6.07, 6.45) is 0. The van der Waals surface area contributed by atoms with Gasteiger partial charge in [0.1, 0.15) is 0 Å². The van der Waals surface area contributed by atoms with Crippen LogP contribution < -0.4 is 0 Å². The molecule has 0 N–H and O–H groups in total. The Kier molecular flexibility index (Phi) is 7.42. The molecule has 1 aromatic heterocycles. The third-order valence-electron chi connectivity index (χ3n) is 10.0. The second-order valence-electron chi connectivity index (χ2n) is 12.8. The average Bonchev–Trinajstić information content (AvgIpc) is 3.51. The van der Waals surface area contributed by atoms with E-state index < -0.39 is 5.41 Å². The number of rotatable bonds is 6. The molecule has 238 valence electrons. The van der Waals surface area contributed by atoms with Crippen LogP contribution in [0.3, 0.4) is 0 Å². The van der Waals surface area contributed by atoms with Gasteiger partial charge >= 0.3 is 0 Å². The van der Waals surface area contributed by atoms with Crippen molar-refractivity contribution in [2.75, 3.05) is 0 Å². The van der Waals surface area contributed by atoms with E-state index in [1.807, 2.05) is 24.3 Å². The largest absolute Gasteiger partial charge is 0.227 e. The number of aromatic nitrogens is 2. The summed E-state index contributed by atoms with van der Waals surface area (Å²) in [4.78, 5) is 10.8. The van der Waals surface area contributed by atoms with Gasteiger partial charge in [0, 0.05) is 22.3 Å². The summed E-state index contributed by atoms with van der Waals surface area (Å²) in [5, 5.41) is 10.1. The third-order valence-corrected chi connectivity index (χ3v) is 10.0. The fraction of sp³-hybridized carbons (Fsp3) is 0.0208. The van der Waals surface area contributed by atoms with Crippen molar-refractivity contribution in [3.63, 3.8) is 0 Å². The molecule has 0 saturated heterocycles. The molecule has 3 nitrogen and oxygen atoms in total. The second-order valence-corrected chi connectivity index (χ2v) is 12.8. The summed E-state index contributed by atoms with van der Waals surface area (Å²) in [5.74, 6) is 0.652. The highest BCUT2D eigenvalue weighted by Gasteiger charge is 2.46. The Hall–Kier alpha value is -6.89. The monoisotopic (exact) mass is 649 g/mol. The van der Waals surface area contributed by atoms with Gasteiger partial charge in [0.25, 0.3) is 0 Å². The first-order valence-corrected chi connectivity index (χ1v) is 17.1. The van der Waals surface area contributed by atoms with Gasteiger partial charge in [-0.2, -0.15) is 5.26 Å². The molecule has 8 aromatic rings. The van der Waals surface area contributed by atoms with Crippen molar-refractivity contribution in [3.05, 3.63) is 216 Å². The van der Waals surface area contributed by atoms with E-state index in [-0.39, 0.29) is 0 Å². The first-order chi connectivity index (χ1) is 25.3. The molecule has 0 saturated carbocycles. The van der Waals surface area contributed by atoms with Gasteiger partial charge in [0.05, 0.1) is 28.4 Å². The topological polar surface area (TPSA) is 49.6 Å². The molecule has 0 fully saturated rings. The van der Waals surface area contributed by atoms with Crippen LogP contribution in [0.1, 0.15) is 27.8 Å². The molecule has 1 aliphatic carbocycles. The Morgan fingerprint density at radius 3 is 1.33 bits per heavy atom. The highest BCUT2D eigenvalue weighted by molar-refractivity contribution is 5.93. The van der Waals surface area contributed by atoms with Crippen LogP contribution in [0, 0.1) is 11.3 Å². The van der Waals surface area contributed by atoms with E-state index in [4.69, 9.17) is 9.97 Å². The number of hydrogen-bond donors (Lipinski definition) is 0. The zero-order chi connectivity index (χ0) is 34.2. The van der Waals surface area contributed by atoms with Crippen LogP contribution in [0.15, 0.2) is 188 Å². The van der Waals surface area contributed by atoms with Crippen LogP contribution in [0.5, 0.6) is 0 Å². The highest BCUT2D eigenvalue weighted by atomic mass is 14.9. The van der Waals surface area contributed by atoms with Crippen LogP contribution in [-0.2, 0) is 5.41 Å². The van der Waals surface area contributed by atoms with Crippen molar-refractivity contribution < 1.29 is 0 Å². The minimum absolute atomic E-state index is 0.637. The van der Waals surface area contributed by atoms with Crippen molar-refractivity contribution in [1.82, 2.24) is 9.97 Å². The van der Waals surface area contributed by atoms with Gasteiger partial charge in [-0.3, -0.25) is 0 Å². The summed E-state index contributed by atoms with van der Waals surface area (Å²) in [6.45, 7) is 0. The van der Waals surface area contributed by atoms with E-state index in [1.54, 1.807) is 0 Å². The zero-order valence-electron chi connectivity index (χ0n) is 27.7. The molecule has 0 atom stereocenters. The minimum Gasteiger partial charge on any atom is -0.227 e. The standard InChI is InChI=1S/C48H31N3/c49-32-33-26-28-40-41-29-27-37(31-43(41)48(42(40)30-33,38-22-12-4-13-23-38)39-24-14-5-15-25-39)47-50-45(35-18-8-2-9-19-35)44(34-16-6-1-7-17-34)46(51-47)36-20-10-3-11-21-36/h1-31H. The number of fused-ring (bicyclic) bond motifs is 3. The van der Waals surface area contributed by atoms with Crippen LogP contribution in [0.25, 0.3) is 56.2 Å². The quantitative estimate of drug-likeness (QED) is 0.180. The van der Waals surface area contributed by atoms with Crippen LogP contribution >= 0.6 is 0 Å². The lowest BCUT2D eigenvalue weighted by Crippen LogP contribution is -2.28. The molecule has 0 aliphatic heterocycles. The average molecular weight is 650 g/mol. The lowest BCUT2D eigenvalue weighted by Gasteiger charge is -2.34. The van der Waals surface area contributed by atoms with E-state index in [9.17, 15) is 5.26 Å². The molecule has 0 unspecified atom stereocenters. The SMILES string of the molecule is N#Cc1ccc2c(c1)C(c1ccccc1)(c1ccccc1)c1cc(-c3nc(-c4ccccc4)c(-c4ccccc4)c(-c4ccccc4)n3)ccc1-2. The van der Waals surface area contributed by atoms with Crippen LogP contribution in [0.2, 0.25) is 0 Å². The second kappa shape index (κ2) is 12.5. The van der Waals surface area contributed by atoms with Crippen molar-refractivity contribution in [1.29, 1.82) is 5.26 Å². The molecule has 0 amide bonds. The van der Waals surface area contributed by atoms with E-state index in [2.05, 4.69) is 170 Å². The first kappa shape index (κ1) is 30.2. The van der Waals surface area contributed by atoms with Gasteiger partial charge in [-0.15, -0.1) is 0 Å². The molecule has 3 heteroatoms. The van der Waals surface area contributed by atoms with Gasteiger partial charge in [0.15, 0.2) is 5.82 Å². The van der Waals surface area contributed by atoms with Crippen LogP contribution in [-0.4, -0.2) is 9.97 Å². The van der Waals surface area contributed by atoms with E-state index in [0.717, 1.165) is 72.6 Å². The maximum Gasteiger partial charge on any atom is 0.160 e. The fourth-order valence-electron chi connectivity index (χ4n) is 7.78. The molecule has 0 bridgehead atoms. The summed E-state index contributed by atoms with van der Waals surface area (Å²) < 4.78 is 0. The Balaban J connectivity index is 1.36. The molecule has 9 rings (SSSR count).